The number of hydrogen-bond donors (Lipinski definition) is 1. The molecule has 4 nitrogen and oxygen atoms in total. The van der Waals surface area contributed by atoms with Gasteiger partial charge in [0.05, 0.1) is 0 Å². The summed E-state index contributed by atoms with van der Waals surface area (Å²) in [5, 5.41) is 3.32. The molecule has 3 rings (SSSR count). The summed E-state index contributed by atoms with van der Waals surface area (Å²) in [7, 11) is 0. The molecule has 21 heavy (non-hydrogen) atoms. The highest BCUT2D eigenvalue weighted by atomic mass is 16.2. The molecule has 1 aliphatic heterocycles. The summed E-state index contributed by atoms with van der Waals surface area (Å²) in [5.41, 5.74) is 1.98. The molecule has 0 saturated carbocycles. The Bertz CT molecular complexity index is 606. The molecule has 0 bridgehead atoms. The third kappa shape index (κ3) is 3.00. The van der Waals surface area contributed by atoms with Crippen molar-refractivity contribution in [3.63, 3.8) is 0 Å². The standard InChI is InChI=1S/C17H21N3O/c1-14-12-18-9-11-20(14)17(21)16-8-5-10-19(16)13-15-6-3-2-4-7-15/h2-8,10,14,18H,9,11-13H2,1H3/t14-/m1/s1. The highest BCUT2D eigenvalue weighted by molar-refractivity contribution is 5.93. The molecule has 1 aromatic carbocycles. The fourth-order valence-corrected chi connectivity index (χ4v) is 2.82. The van der Waals surface area contributed by atoms with E-state index in [1.165, 1.54) is 5.56 Å². The van der Waals surface area contributed by atoms with E-state index in [-0.39, 0.29) is 11.9 Å². The van der Waals surface area contributed by atoms with Crippen LogP contribution < -0.4 is 5.32 Å². The Kier molecular flexibility index (Phi) is 4.06. The number of carbonyl (C=O) groups is 1. The van der Waals surface area contributed by atoms with Crippen molar-refractivity contribution in [3.05, 3.63) is 59.9 Å². The van der Waals surface area contributed by atoms with Gasteiger partial charge in [-0.1, -0.05) is 30.3 Å². The van der Waals surface area contributed by atoms with Crippen LogP contribution in [0.3, 0.4) is 0 Å². The quantitative estimate of drug-likeness (QED) is 0.935. The third-order valence-corrected chi connectivity index (χ3v) is 4.01. The van der Waals surface area contributed by atoms with Crippen LogP contribution in [0, 0.1) is 0 Å². The van der Waals surface area contributed by atoms with E-state index in [0.717, 1.165) is 31.9 Å². The van der Waals surface area contributed by atoms with Crippen molar-refractivity contribution < 1.29 is 4.79 Å². The number of nitrogens with one attached hydrogen (secondary N) is 1. The number of nitrogens with zero attached hydrogens (tertiary/aromatic N) is 2. The minimum absolute atomic E-state index is 0.130. The average molecular weight is 283 g/mol. The fourth-order valence-electron chi connectivity index (χ4n) is 2.82. The van der Waals surface area contributed by atoms with Gasteiger partial charge in [-0.25, -0.2) is 0 Å². The number of hydrogen-bond acceptors (Lipinski definition) is 2. The summed E-state index contributed by atoms with van der Waals surface area (Å²) in [6, 6.07) is 14.3. The van der Waals surface area contributed by atoms with Gasteiger partial charge in [0.25, 0.3) is 5.91 Å². The molecule has 1 atom stereocenters. The first-order valence-corrected chi connectivity index (χ1v) is 7.46. The van der Waals surface area contributed by atoms with E-state index in [9.17, 15) is 4.79 Å². The molecule has 0 radical (unpaired) electrons. The van der Waals surface area contributed by atoms with Gasteiger partial charge in [-0.05, 0) is 24.6 Å². The third-order valence-electron chi connectivity index (χ3n) is 4.01. The molecular formula is C17H21N3O. The maximum atomic E-state index is 12.8. The smallest absolute Gasteiger partial charge is 0.270 e. The highest BCUT2D eigenvalue weighted by Gasteiger charge is 2.25. The van der Waals surface area contributed by atoms with Crippen molar-refractivity contribution >= 4 is 5.91 Å². The molecule has 2 heterocycles. The van der Waals surface area contributed by atoms with Crippen molar-refractivity contribution in [2.24, 2.45) is 0 Å². The summed E-state index contributed by atoms with van der Waals surface area (Å²) >= 11 is 0. The van der Waals surface area contributed by atoms with Crippen LogP contribution in [0.15, 0.2) is 48.7 Å². The first-order chi connectivity index (χ1) is 10.3. The Balaban J connectivity index is 1.80. The summed E-state index contributed by atoms with van der Waals surface area (Å²) < 4.78 is 2.03. The molecule has 110 valence electrons. The minimum Gasteiger partial charge on any atom is -0.339 e. The van der Waals surface area contributed by atoms with Gasteiger partial charge in [-0.3, -0.25) is 4.79 Å². The van der Waals surface area contributed by atoms with Crippen LogP contribution in [0.2, 0.25) is 0 Å². The monoisotopic (exact) mass is 283 g/mol. The van der Waals surface area contributed by atoms with Crippen molar-refractivity contribution in [2.45, 2.75) is 19.5 Å². The Morgan fingerprint density at radius 3 is 2.81 bits per heavy atom. The van der Waals surface area contributed by atoms with E-state index in [1.807, 2.05) is 46.0 Å². The SMILES string of the molecule is C[C@@H]1CNCCN1C(=O)c1cccn1Cc1ccccc1. The van der Waals surface area contributed by atoms with E-state index >= 15 is 0 Å². The lowest BCUT2D eigenvalue weighted by Gasteiger charge is -2.34. The van der Waals surface area contributed by atoms with Gasteiger partial charge in [-0.15, -0.1) is 0 Å². The van der Waals surface area contributed by atoms with Crippen molar-refractivity contribution in [2.75, 3.05) is 19.6 Å². The zero-order chi connectivity index (χ0) is 14.7. The van der Waals surface area contributed by atoms with Crippen LogP contribution in [0.25, 0.3) is 0 Å². The molecule has 1 fully saturated rings. The average Bonchev–Trinajstić information content (AvgIpc) is 2.96. The zero-order valence-corrected chi connectivity index (χ0v) is 12.3. The normalized spacial score (nSPS) is 18.7. The molecule has 1 saturated heterocycles. The largest absolute Gasteiger partial charge is 0.339 e. The van der Waals surface area contributed by atoms with Crippen LogP contribution in [0.5, 0.6) is 0 Å². The molecule has 0 spiro atoms. The van der Waals surface area contributed by atoms with Gasteiger partial charge in [0.1, 0.15) is 5.69 Å². The summed E-state index contributed by atoms with van der Waals surface area (Å²) in [6.45, 7) is 5.33. The van der Waals surface area contributed by atoms with Crippen LogP contribution in [-0.2, 0) is 6.54 Å². The Labute approximate surface area is 125 Å². The lowest BCUT2D eigenvalue weighted by atomic mass is 10.2. The summed E-state index contributed by atoms with van der Waals surface area (Å²) in [4.78, 5) is 14.7. The van der Waals surface area contributed by atoms with Gasteiger partial charge < -0.3 is 14.8 Å². The number of aromatic nitrogens is 1. The number of benzene rings is 1. The molecule has 1 aliphatic rings. The van der Waals surface area contributed by atoms with Crippen LogP contribution in [-0.4, -0.2) is 41.1 Å². The molecule has 4 heteroatoms. The molecule has 0 aliphatic carbocycles. The second-order valence-electron chi connectivity index (χ2n) is 5.56. The number of piperazine rings is 1. The lowest BCUT2D eigenvalue weighted by Crippen LogP contribution is -2.52. The highest BCUT2D eigenvalue weighted by Crippen LogP contribution is 2.13. The fraction of sp³-hybridized carbons (Fsp3) is 0.353. The van der Waals surface area contributed by atoms with E-state index in [1.54, 1.807) is 0 Å². The molecule has 2 aromatic rings. The number of rotatable bonds is 3. The number of carbonyl (C=O) groups excluding carboxylic acids is 1. The predicted octanol–water partition coefficient (Wildman–Crippen LogP) is 1.97. The van der Waals surface area contributed by atoms with Gasteiger partial charge >= 0.3 is 0 Å². The van der Waals surface area contributed by atoms with Crippen LogP contribution in [0.1, 0.15) is 23.0 Å². The predicted molar refractivity (Wildman–Crippen MR) is 83.3 cm³/mol. The van der Waals surface area contributed by atoms with Crippen LogP contribution in [0.4, 0.5) is 0 Å². The van der Waals surface area contributed by atoms with Crippen molar-refractivity contribution in [3.8, 4) is 0 Å². The first-order valence-electron chi connectivity index (χ1n) is 7.46. The van der Waals surface area contributed by atoms with Crippen molar-refractivity contribution in [1.29, 1.82) is 0 Å². The van der Waals surface area contributed by atoms with Gasteiger partial charge in [-0.2, -0.15) is 0 Å². The second-order valence-corrected chi connectivity index (χ2v) is 5.56. The van der Waals surface area contributed by atoms with E-state index in [2.05, 4.69) is 24.4 Å². The van der Waals surface area contributed by atoms with Gasteiger partial charge in [0.2, 0.25) is 0 Å². The zero-order valence-electron chi connectivity index (χ0n) is 12.3. The van der Waals surface area contributed by atoms with E-state index < -0.39 is 0 Å². The lowest BCUT2D eigenvalue weighted by molar-refractivity contribution is 0.0645. The van der Waals surface area contributed by atoms with Gasteiger partial charge in [0, 0.05) is 38.4 Å². The molecule has 0 unspecified atom stereocenters. The summed E-state index contributed by atoms with van der Waals surface area (Å²) in [6.07, 6.45) is 1.98. The van der Waals surface area contributed by atoms with E-state index in [0.29, 0.717) is 0 Å². The molecular weight excluding hydrogens is 262 g/mol. The second kappa shape index (κ2) is 6.14. The first kappa shape index (κ1) is 13.9. The Morgan fingerprint density at radius 1 is 1.24 bits per heavy atom. The number of amides is 1. The van der Waals surface area contributed by atoms with Crippen molar-refractivity contribution in [1.82, 2.24) is 14.8 Å². The maximum absolute atomic E-state index is 12.8. The van der Waals surface area contributed by atoms with Gasteiger partial charge in [0.15, 0.2) is 0 Å². The summed E-state index contributed by atoms with van der Waals surface area (Å²) in [5.74, 6) is 0.130. The molecule has 1 amide bonds. The molecule has 1 N–H and O–H groups in total. The minimum atomic E-state index is 0.130. The van der Waals surface area contributed by atoms with E-state index in [4.69, 9.17) is 0 Å². The van der Waals surface area contributed by atoms with Crippen LogP contribution >= 0.6 is 0 Å². The maximum Gasteiger partial charge on any atom is 0.270 e. The Morgan fingerprint density at radius 2 is 2.05 bits per heavy atom. The Hall–Kier alpha value is -2.07. The topological polar surface area (TPSA) is 37.3 Å². The molecule has 1 aromatic heterocycles.